The first-order valence-corrected chi connectivity index (χ1v) is 11.9. The van der Waals surface area contributed by atoms with Crippen LogP contribution >= 0.6 is 0 Å². The number of fused-ring (bicyclic) bond motifs is 3. The van der Waals surface area contributed by atoms with Crippen molar-refractivity contribution in [3.63, 3.8) is 0 Å². The van der Waals surface area contributed by atoms with Crippen molar-refractivity contribution >= 4 is 35.3 Å². The fourth-order valence-corrected chi connectivity index (χ4v) is 4.82. The molecule has 0 N–H and O–H groups in total. The molecule has 126 valence electrons. The molecule has 4 heteroatoms. The lowest BCUT2D eigenvalue weighted by atomic mass is 10.1. The van der Waals surface area contributed by atoms with Gasteiger partial charge in [-0.3, -0.25) is 9.97 Å². The predicted octanol–water partition coefficient (Wildman–Crippen LogP) is 5.15. The standard InChI is InChI=1S/C21H22N2OSi/c1-5-14-10-12-22-16(13-14)15-8-9-18(25(2,3)4)19-20-17(24-21(15)19)7-6-11-23-20/h6-13H,5H2,1-4H3/i5D2. The van der Waals surface area contributed by atoms with Crippen LogP contribution in [0.2, 0.25) is 19.6 Å². The first-order valence-electron chi connectivity index (χ1n) is 9.44. The molecule has 4 rings (SSSR count). The number of hydrogen-bond acceptors (Lipinski definition) is 3. The van der Waals surface area contributed by atoms with Crippen LogP contribution in [0.15, 0.2) is 53.2 Å². The summed E-state index contributed by atoms with van der Waals surface area (Å²) in [5.74, 6) is 0. The van der Waals surface area contributed by atoms with Crippen molar-refractivity contribution in [3.8, 4) is 11.3 Å². The van der Waals surface area contributed by atoms with Crippen LogP contribution in [0, 0.1) is 0 Å². The van der Waals surface area contributed by atoms with Gasteiger partial charge >= 0.3 is 0 Å². The van der Waals surface area contributed by atoms with Gasteiger partial charge in [-0.1, -0.05) is 32.6 Å². The van der Waals surface area contributed by atoms with E-state index < -0.39 is 14.4 Å². The second-order valence-electron chi connectivity index (χ2n) is 7.25. The Balaban J connectivity index is 2.07. The zero-order valence-corrected chi connectivity index (χ0v) is 15.9. The van der Waals surface area contributed by atoms with Gasteiger partial charge in [0.2, 0.25) is 0 Å². The highest BCUT2D eigenvalue weighted by atomic mass is 28.3. The summed E-state index contributed by atoms with van der Waals surface area (Å²) in [6.07, 6.45) is 2.03. The number of aromatic nitrogens is 2. The Hall–Kier alpha value is -2.46. The highest BCUT2D eigenvalue weighted by molar-refractivity contribution is 6.90. The molecular formula is C21H22N2OSi. The van der Waals surface area contributed by atoms with Crippen LogP contribution in [0.5, 0.6) is 0 Å². The maximum absolute atomic E-state index is 8.01. The molecule has 0 aliphatic carbocycles. The van der Waals surface area contributed by atoms with Crippen LogP contribution < -0.4 is 5.19 Å². The molecular weight excluding hydrogens is 324 g/mol. The molecule has 0 atom stereocenters. The average molecular weight is 349 g/mol. The summed E-state index contributed by atoms with van der Waals surface area (Å²) in [5, 5.41) is 2.37. The number of rotatable bonds is 3. The van der Waals surface area contributed by atoms with Gasteiger partial charge in [0.1, 0.15) is 11.1 Å². The Morgan fingerprint density at radius 3 is 2.68 bits per heavy atom. The van der Waals surface area contributed by atoms with E-state index in [-0.39, 0.29) is 0 Å². The number of aryl methyl sites for hydroxylation is 1. The van der Waals surface area contributed by atoms with Crippen molar-refractivity contribution in [2.45, 2.75) is 32.9 Å². The highest BCUT2D eigenvalue weighted by Crippen LogP contribution is 2.34. The normalized spacial score (nSPS) is 13.9. The third kappa shape index (κ3) is 2.67. The Labute approximate surface area is 151 Å². The Morgan fingerprint density at radius 2 is 1.92 bits per heavy atom. The minimum absolute atomic E-state index is 0.601. The quantitative estimate of drug-likeness (QED) is 0.481. The Morgan fingerprint density at radius 1 is 1.08 bits per heavy atom. The summed E-state index contributed by atoms with van der Waals surface area (Å²) >= 11 is 0. The largest absolute Gasteiger partial charge is 0.454 e. The predicted molar refractivity (Wildman–Crippen MR) is 107 cm³/mol. The molecule has 0 radical (unpaired) electrons. The van der Waals surface area contributed by atoms with Crippen LogP contribution in [0.4, 0.5) is 0 Å². The van der Waals surface area contributed by atoms with E-state index in [1.54, 1.807) is 25.4 Å². The molecule has 0 saturated carbocycles. The molecule has 3 nitrogen and oxygen atoms in total. The summed E-state index contributed by atoms with van der Waals surface area (Å²) in [5.41, 5.74) is 4.62. The Bertz CT molecular complexity index is 1160. The smallest absolute Gasteiger partial charge is 0.153 e. The van der Waals surface area contributed by atoms with Gasteiger partial charge in [-0.25, -0.2) is 0 Å². The second kappa shape index (κ2) is 5.81. The summed E-state index contributed by atoms with van der Waals surface area (Å²) in [6, 6.07) is 11.6. The third-order valence-corrected chi connectivity index (χ3v) is 6.54. The van der Waals surface area contributed by atoms with E-state index in [1.807, 2.05) is 18.2 Å². The maximum atomic E-state index is 8.01. The van der Waals surface area contributed by atoms with Gasteiger partial charge in [0.05, 0.1) is 13.8 Å². The lowest BCUT2D eigenvalue weighted by molar-refractivity contribution is 0.669. The fraction of sp³-hybridized carbons (Fsp3) is 0.238. The highest BCUT2D eigenvalue weighted by Gasteiger charge is 2.25. The zero-order chi connectivity index (χ0) is 19.4. The molecule has 0 unspecified atom stereocenters. The molecule has 25 heavy (non-hydrogen) atoms. The van der Waals surface area contributed by atoms with Crippen LogP contribution in [-0.2, 0) is 6.37 Å². The summed E-state index contributed by atoms with van der Waals surface area (Å²) in [4.78, 5) is 9.08. The van der Waals surface area contributed by atoms with Crippen molar-refractivity contribution in [1.82, 2.24) is 9.97 Å². The minimum atomic E-state index is -1.62. The third-order valence-electron chi connectivity index (χ3n) is 4.51. The molecule has 0 spiro atoms. The van der Waals surface area contributed by atoms with Crippen molar-refractivity contribution < 1.29 is 7.16 Å². The molecule has 0 amide bonds. The lowest BCUT2D eigenvalue weighted by Crippen LogP contribution is -2.38. The number of benzene rings is 1. The molecule has 0 saturated heterocycles. The molecule has 3 heterocycles. The molecule has 1 aromatic carbocycles. The van der Waals surface area contributed by atoms with Gasteiger partial charge in [0.25, 0.3) is 0 Å². The van der Waals surface area contributed by atoms with E-state index in [0.29, 0.717) is 11.3 Å². The molecule has 3 aromatic heterocycles. The van der Waals surface area contributed by atoms with E-state index in [1.165, 1.54) is 5.19 Å². The molecule has 0 bridgehead atoms. The molecule has 0 fully saturated rings. The van der Waals surface area contributed by atoms with Gasteiger partial charge in [-0.15, -0.1) is 0 Å². The number of pyridine rings is 2. The van der Waals surface area contributed by atoms with Crippen LogP contribution in [0.3, 0.4) is 0 Å². The van der Waals surface area contributed by atoms with Crippen LogP contribution in [0.25, 0.3) is 33.3 Å². The van der Waals surface area contributed by atoms with E-state index in [0.717, 1.165) is 27.6 Å². The molecule has 4 aromatic rings. The van der Waals surface area contributed by atoms with Crippen LogP contribution in [-0.4, -0.2) is 18.0 Å². The van der Waals surface area contributed by atoms with E-state index in [9.17, 15) is 0 Å². The second-order valence-corrected chi connectivity index (χ2v) is 12.3. The number of hydrogen-bond donors (Lipinski definition) is 0. The number of nitrogens with zero attached hydrogens (tertiary/aromatic N) is 2. The van der Waals surface area contributed by atoms with E-state index in [4.69, 9.17) is 7.16 Å². The summed E-state index contributed by atoms with van der Waals surface area (Å²) < 4.78 is 22.2. The van der Waals surface area contributed by atoms with E-state index in [2.05, 4.69) is 41.7 Å². The lowest BCUT2D eigenvalue weighted by Gasteiger charge is -2.18. The first-order chi connectivity index (χ1) is 12.7. The van der Waals surface area contributed by atoms with Crippen LogP contribution in [0.1, 0.15) is 15.2 Å². The minimum Gasteiger partial charge on any atom is -0.454 e. The van der Waals surface area contributed by atoms with Gasteiger partial charge in [-0.2, -0.15) is 0 Å². The van der Waals surface area contributed by atoms with Crippen molar-refractivity contribution in [2.24, 2.45) is 0 Å². The van der Waals surface area contributed by atoms with Gasteiger partial charge in [0, 0.05) is 26.1 Å². The topological polar surface area (TPSA) is 38.9 Å². The fourth-order valence-electron chi connectivity index (χ4n) is 3.25. The van der Waals surface area contributed by atoms with Crippen molar-refractivity contribution in [2.75, 3.05) is 0 Å². The monoisotopic (exact) mass is 348 g/mol. The average Bonchev–Trinajstić information content (AvgIpc) is 2.99. The summed E-state index contributed by atoms with van der Waals surface area (Å²) in [7, 11) is -1.62. The number of furan rings is 1. The first kappa shape index (κ1) is 13.8. The van der Waals surface area contributed by atoms with Crippen molar-refractivity contribution in [1.29, 1.82) is 0 Å². The summed E-state index contributed by atoms with van der Waals surface area (Å²) in [6.45, 7) is 8.50. The molecule has 0 aliphatic heterocycles. The van der Waals surface area contributed by atoms with Gasteiger partial charge < -0.3 is 4.42 Å². The zero-order valence-electron chi connectivity index (χ0n) is 16.9. The van der Waals surface area contributed by atoms with E-state index >= 15 is 0 Å². The molecule has 0 aliphatic rings. The van der Waals surface area contributed by atoms with Crippen molar-refractivity contribution in [3.05, 3.63) is 54.4 Å². The Kier molecular flexibility index (Phi) is 3.20. The van der Waals surface area contributed by atoms with Gasteiger partial charge in [0.15, 0.2) is 5.58 Å². The van der Waals surface area contributed by atoms with Gasteiger partial charge in [-0.05, 0) is 47.5 Å². The SMILES string of the molecule is [2H]C([2H])(C)c1ccnc(-c2ccc([Si](C)(C)C)c3c2oc2cccnc23)c1. The maximum Gasteiger partial charge on any atom is 0.153 e.